The van der Waals surface area contributed by atoms with Gasteiger partial charge in [0.15, 0.2) is 0 Å². The Morgan fingerprint density at radius 2 is 2.25 bits per heavy atom. The Bertz CT molecular complexity index is 473. The van der Waals surface area contributed by atoms with Gasteiger partial charge in [-0.15, -0.1) is 0 Å². The summed E-state index contributed by atoms with van der Waals surface area (Å²) in [5.74, 6) is 0.626. The van der Waals surface area contributed by atoms with E-state index in [4.69, 9.17) is 5.73 Å². The number of rotatable bonds is 3. The maximum Gasteiger partial charge on any atom is 0.148 e. The van der Waals surface area contributed by atoms with Crippen molar-refractivity contribution in [2.45, 2.75) is 26.8 Å². The van der Waals surface area contributed by atoms with E-state index in [1.54, 1.807) is 6.20 Å². The van der Waals surface area contributed by atoms with E-state index in [1.165, 1.54) is 5.69 Å². The van der Waals surface area contributed by atoms with Gasteiger partial charge in [-0.05, 0) is 25.0 Å². The van der Waals surface area contributed by atoms with Crippen molar-refractivity contribution in [2.75, 3.05) is 5.73 Å². The van der Waals surface area contributed by atoms with Gasteiger partial charge in [0.1, 0.15) is 5.82 Å². The number of nitrogens with zero attached hydrogens (tertiary/aromatic N) is 3. The predicted octanol–water partition coefficient (Wildman–Crippen LogP) is 1.78. The van der Waals surface area contributed by atoms with E-state index in [0.717, 1.165) is 24.1 Å². The van der Waals surface area contributed by atoms with E-state index in [1.807, 2.05) is 29.9 Å². The Labute approximate surface area is 95.1 Å². The summed E-state index contributed by atoms with van der Waals surface area (Å²) in [7, 11) is 0. The SMILES string of the molecule is CCc1c(C)c(N)nn1Cc1cccnc1. The molecule has 4 nitrogen and oxygen atoms in total. The first-order valence-electron chi connectivity index (χ1n) is 5.43. The second-order valence-electron chi connectivity index (χ2n) is 3.83. The molecule has 2 heterocycles. The lowest BCUT2D eigenvalue weighted by Gasteiger charge is -2.05. The Morgan fingerprint density at radius 3 is 2.88 bits per heavy atom. The van der Waals surface area contributed by atoms with Gasteiger partial charge in [0, 0.05) is 23.7 Å². The molecule has 4 heteroatoms. The van der Waals surface area contributed by atoms with Crippen LogP contribution in [0.5, 0.6) is 0 Å². The predicted molar refractivity (Wildman–Crippen MR) is 64.1 cm³/mol. The molecule has 0 saturated heterocycles. The second kappa shape index (κ2) is 4.35. The van der Waals surface area contributed by atoms with Crippen LogP contribution in [0.3, 0.4) is 0 Å². The topological polar surface area (TPSA) is 56.7 Å². The average Bonchev–Trinajstić information content (AvgIpc) is 2.56. The van der Waals surface area contributed by atoms with Crippen molar-refractivity contribution in [1.82, 2.24) is 14.8 Å². The Hall–Kier alpha value is -1.84. The molecule has 0 aliphatic heterocycles. The van der Waals surface area contributed by atoms with Gasteiger partial charge in [-0.2, -0.15) is 5.10 Å². The smallest absolute Gasteiger partial charge is 0.148 e. The van der Waals surface area contributed by atoms with Gasteiger partial charge in [-0.3, -0.25) is 9.67 Å². The number of hydrogen-bond donors (Lipinski definition) is 1. The number of pyridine rings is 1. The number of nitrogen functional groups attached to an aromatic ring is 1. The lowest BCUT2D eigenvalue weighted by molar-refractivity contribution is 0.649. The third kappa shape index (κ3) is 1.91. The van der Waals surface area contributed by atoms with Gasteiger partial charge in [0.05, 0.1) is 6.54 Å². The van der Waals surface area contributed by atoms with Crippen LogP contribution in [0, 0.1) is 6.92 Å². The summed E-state index contributed by atoms with van der Waals surface area (Å²) >= 11 is 0. The summed E-state index contributed by atoms with van der Waals surface area (Å²) in [5.41, 5.74) is 9.25. The molecule has 0 spiro atoms. The molecule has 2 aromatic rings. The van der Waals surface area contributed by atoms with Gasteiger partial charge < -0.3 is 5.73 Å². The maximum atomic E-state index is 5.82. The van der Waals surface area contributed by atoms with Gasteiger partial charge in [-0.25, -0.2) is 0 Å². The van der Waals surface area contributed by atoms with Gasteiger partial charge in [0.25, 0.3) is 0 Å². The lowest BCUT2D eigenvalue weighted by Crippen LogP contribution is -2.06. The van der Waals surface area contributed by atoms with Gasteiger partial charge in [0.2, 0.25) is 0 Å². The van der Waals surface area contributed by atoms with Crippen LogP contribution in [0.25, 0.3) is 0 Å². The molecule has 0 unspecified atom stereocenters. The zero-order chi connectivity index (χ0) is 11.5. The molecule has 0 aliphatic carbocycles. The molecule has 84 valence electrons. The lowest BCUT2D eigenvalue weighted by atomic mass is 10.2. The molecule has 0 aliphatic rings. The van der Waals surface area contributed by atoms with E-state index >= 15 is 0 Å². The zero-order valence-electron chi connectivity index (χ0n) is 9.64. The zero-order valence-corrected chi connectivity index (χ0v) is 9.64. The highest BCUT2D eigenvalue weighted by atomic mass is 15.3. The molecule has 0 bridgehead atoms. The summed E-state index contributed by atoms with van der Waals surface area (Å²) in [6.07, 6.45) is 4.57. The van der Waals surface area contributed by atoms with Crippen molar-refractivity contribution in [3.8, 4) is 0 Å². The summed E-state index contributed by atoms with van der Waals surface area (Å²) in [5, 5.41) is 4.34. The Balaban J connectivity index is 2.31. The van der Waals surface area contributed by atoms with Crippen molar-refractivity contribution in [3.63, 3.8) is 0 Å². The average molecular weight is 216 g/mol. The molecule has 0 amide bonds. The third-order valence-electron chi connectivity index (χ3n) is 2.75. The molecule has 2 N–H and O–H groups in total. The monoisotopic (exact) mass is 216 g/mol. The van der Waals surface area contributed by atoms with Crippen LogP contribution in [-0.4, -0.2) is 14.8 Å². The molecule has 16 heavy (non-hydrogen) atoms. The van der Waals surface area contributed by atoms with Crippen LogP contribution in [0.15, 0.2) is 24.5 Å². The third-order valence-corrected chi connectivity index (χ3v) is 2.75. The summed E-state index contributed by atoms with van der Waals surface area (Å²) in [4.78, 5) is 4.09. The van der Waals surface area contributed by atoms with Crippen LogP contribution in [0.2, 0.25) is 0 Å². The quantitative estimate of drug-likeness (QED) is 0.850. The summed E-state index contributed by atoms with van der Waals surface area (Å²) in [6, 6.07) is 3.97. The molecule has 0 fully saturated rings. The highest BCUT2D eigenvalue weighted by Gasteiger charge is 2.10. The highest BCUT2D eigenvalue weighted by molar-refractivity contribution is 5.41. The summed E-state index contributed by atoms with van der Waals surface area (Å²) in [6.45, 7) is 4.86. The van der Waals surface area contributed by atoms with E-state index < -0.39 is 0 Å². The van der Waals surface area contributed by atoms with E-state index in [0.29, 0.717) is 5.82 Å². The van der Waals surface area contributed by atoms with E-state index in [-0.39, 0.29) is 0 Å². The number of nitrogens with two attached hydrogens (primary N) is 1. The number of aromatic nitrogens is 3. The molecule has 0 atom stereocenters. The van der Waals surface area contributed by atoms with Crippen molar-refractivity contribution in [3.05, 3.63) is 41.3 Å². The molecular formula is C12H16N4. The van der Waals surface area contributed by atoms with Gasteiger partial charge in [-0.1, -0.05) is 13.0 Å². The second-order valence-corrected chi connectivity index (χ2v) is 3.83. The standard InChI is InChI=1S/C12H16N4/c1-3-11-9(2)12(13)15-16(11)8-10-5-4-6-14-7-10/h4-7H,3,8H2,1-2H3,(H2,13,15). The fourth-order valence-corrected chi connectivity index (χ4v) is 1.85. The first-order valence-corrected chi connectivity index (χ1v) is 5.43. The fourth-order valence-electron chi connectivity index (χ4n) is 1.85. The van der Waals surface area contributed by atoms with Crippen LogP contribution in [-0.2, 0) is 13.0 Å². The fraction of sp³-hybridized carbons (Fsp3) is 0.333. The van der Waals surface area contributed by atoms with Gasteiger partial charge >= 0.3 is 0 Å². The maximum absolute atomic E-state index is 5.82. The van der Waals surface area contributed by atoms with Crippen molar-refractivity contribution in [2.24, 2.45) is 0 Å². The molecular weight excluding hydrogens is 200 g/mol. The number of hydrogen-bond acceptors (Lipinski definition) is 3. The van der Waals surface area contributed by atoms with Crippen LogP contribution in [0.1, 0.15) is 23.7 Å². The van der Waals surface area contributed by atoms with Crippen LogP contribution < -0.4 is 5.73 Å². The van der Waals surface area contributed by atoms with Crippen molar-refractivity contribution < 1.29 is 0 Å². The first-order chi connectivity index (χ1) is 7.72. The number of anilines is 1. The minimum atomic E-state index is 0.626. The van der Waals surface area contributed by atoms with Crippen LogP contribution >= 0.6 is 0 Å². The largest absolute Gasteiger partial charge is 0.382 e. The minimum absolute atomic E-state index is 0.626. The molecule has 0 radical (unpaired) electrons. The first kappa shape index (κ1) is 10.7. The van der Waals surface area contributed by atoms with Crippen molar-refractivity contribution >= 4 is 5.82 Å². The van der Waals surface area contributed by atoms with E-state index in [2.05, 4.69) is 17.0 Å². The molecule has 0 saturated carbocycles. The van der Waals surface area contributed by atoms with E-state index in [9.17, 15) is 0 Å². The highest BCUT2D eigenvalue weighted by Crippen LogP contribution is 2.16. The minimum Gasteiger partial charge on any atom is -0.382 e. The van der Waals surface area contributed by atoms with Crippen LogP contribution in [0.4, 0.5) is 5.82 Å². The summed E-state index contributed by atoms with van der Waals surface area (Å²) < 4.78 is 1.96. The molecule has 0 aromatic carbocycles. The Kier molecular flexibility index (Phi) is 2.90. The normalized spacial score (nSPS) is 10.6. The molecule has 2 aromatic heterocycles. The molecule has 2 rings (SSSR count). The van der Waals surface area contributed by atoms with Crippen molar-refractivity contribution in [1.29, 1.82) is 0 Å². The Morgan fingerprint density at radius 1 is 1.44 bits per heavy atom.